The number of hydrogen-bond donors (Lipinski definition) is 1. The summed E-state index contributed by atoms with van der Waals surface area (Å²) in [6, 6.07) is 0. The van der Waals surface area contributed by atoms with Crippen molar-refractivity contribution in [2.75, 3.05) is 13.6 Å². The lowest BCUT2D eigenvalue weighted by molar-refractivity contribution is 0.433. The normalized spacial score (nSPS) is 19.1. The molecule has 1 atom stereocenters. The predicted octanol–water partition coefficient (Wildman–Crippen LogP) is 2.14. The number of fused-ring (bicyclic) bond motifs is 1. The molecule has 0 radical (unpaired) electrons. The molecule has 94 valence electrons. The number of rotatable bonds is 5. The lowest BCUT2D eigenvalue weighted by Crippen LogP contribution is -2.25. The summed E-state index contributed by atoms with van der Waals surface area (Å²) in [7, 11) is 2.03. The lowest BCUT2D eigenvalue weighted by Gasteiger charge is -2.23. The number of hydrogen-bond acceptors (Lipinski definition) is 3. The smallest absolute Gasteiger partial charge is 0.128 e. The van der Waals surface area contributed by atoms with E-state index in [0.29, 0.717) is 0 Å². The monoisotopic (exact) mass is 233 g/mol. The molecule has 0 aromatic carbocycles. The first-order valence-corrected chi connectivity index (χ1v) is 6.81. The molecule has 1 aliphatic carbocycles. The maximum Gasteiger partial charge on any atom is 0.128 e. The number of nitrogens with one attached hydrogen (secondary N) is 1. The highest BCUT2D eigenvalue weighted by Gasteiger charge is 2.19. The third kappa shape index (κ3) is 3.25. The van der Waals surface area contributed by atoms with Crippen LogP contribution in [-0.4, -0.2) is 23.6 Å². The SMILES string of the molecule is CCCCc1ncc2c(n1)CCC(CNC)C2. The average Bonchev–Trinajstić information content (AvgIpc) is 2.36. The van der Waals surface area contributed by atoms with Gasteiger partial charge in [-0.15, -0.1) is 0 Å². The molecule has 3 heteroatoms. The Balaban J connectivity index is 2.03. The molecule has 0 amide bonds. The van der Waals surface area contributed by atoms with Crippen LogP contribution in [0.2, 0.25) is 0 Å². The van der Waals surface area contributed by atoms with Crippen LogP contribution < -0.4 is 5.32 Å². The Morgan fingerprint density at radius 1 is 1.47 bits per heavy atom. The molecule has 0 spiro atoms. The van der Waals surface area contributed by atoms with Crippen LogP contribution in [-0.2, 0) is 19.3 Å². The first kappa shape index (κ1) is 12.5. The molecule has 0 saturated carbocycles. The van der Waals surface area contributed by atoms with Gasteiger partial charge in [0, 0.05) is 18.3 Å². The maximum atomic E-state index is 4.71. The van der Waals surface area contributed by atoms with E-state index in [0.717, 1.165) is 37.5 Å². The Morgan fingerprint density at radius 3 is 3.12 bits per heavy atom. The molecule has 0 saturated heterocycles. The van der Waals surface area contributed by atoms with Gasteiger partial charge in [0.15, 0.2) is 0 Å². The predicted molar refractivity (Wildman–Crippen MR) is 70.1 cm³/mol. The van der Waals surface area contributed by atoms with Crippen LogP contribution in [0.25, 0.3) is 0 Å². The van der Waals surface area contributed by atoms with Crippen molar-refractivity contribution in [3.63, 3.8) is 0 Å². The third-order valence-electron chi connectivity index (χ3n) is 3.55. The van der Waals surface area contributed by atoms with Crippen LogP contribution >= 0.6 is 0 Å². The molecule has 0 aliphatic heterocycles. The topological polar surface area (TPSA) is 37.8 Å². The van der Waals surface area contributed by atoms with Gasteiger partial charge in [0.05, 0.1) is 0 Å². The van der Waals surface area contributed by atoms with E-state index in [2.05, 4.69) is 23.4 Å². The fraction of sp³-hybridized carbons (Fsp3) is 0.714. The van der Waals surface area contributed by atoms with Crippen LogP contribution in [0.4, 0.5) is 0 Å². The molecule has 1 aliphatic rings. The van der Waals surface area contributed by atoms with E-state index >= 15 is 0 Å². The van der Waals surface area contributed by atoms with E-state index in [4.69, 9.17) is 4.98 Å². The highest BCUT2D eigenvalue weighted by molar-refractivity contribution is 5.21. The molecule has 17 heavy (non-hydrogen) atoms. The van der Waals surface area contributed by atoms with Crippen molar-refractivity contribution in [3.05, 3.63) is 23.3 Å². The van der Waals surface area contributed by atoms with Gasteiger partial charge < -0.3 is 5.32 Å². The highest BCUT2D eigenvalue weighted by atomic mass is 14.9. The fourth-order valence-electron chi connectivity index (χ4n) is 2.54. The summed E-state index contributed by atoms with van der Waals surface area (Å²) in [6.45, 7) is 3.32. The van der Waals surface area contributed by atoms with Crippen LogP contribution in [0.15, 0.2) is 6.20 Å². The molecular formula is C14H23N3. The summed E-state index contributed by atoms with van der Waals surface area (Å²) in [5.41, 5.74) is 2.68. The van der Waals surface area contributed by atoms with Crippen molar-refractivity contribution in [2.24, 2.45) is 5.92 Å². The van der Waals surface area contributed by atoms with Gasteiger partial charge in [-0.1, -0.05) is 13.3 Å². The van der Waals surface area contributed by atoms with Crippen molar-refractivity contribution in [2.45, 2.75) is 45.4 Å². The second kappa shape index (κ2) is 6.10. The van der Waals surface area contributed by atoms with E-state index in [9.17, 15) is 0 Å². The molecule has 0 bridgehead atoms. The standard InChI is InChI=1S/C14H23N3/c1-3-4-5-14-16-10-12-8-11(9-15-2)6-7-13(12)17-14/h10-11,15H,3-9H2,1-2H3. The van der Waals surface area contributed by atoms with Gasteiger partial charge in [-0.2, -0.15) is 0 Å². The van der Waals surface area contributed by atoms with Gasteiger partial charge >= 0.3 is 0 Å². The van der Waals surface area contributed by atoms with Crippen LogP contribution in [0.1, 0.15) is 43.3 Å². The van der Waals surface area contributed by atoms with Gasteiger partial charge in [-0.25, -0.2) is 9.97 Å². The summed E-state index contributed by atoms with van der Waals surface area (Å²) in [5, 5.41) is 3.27. The van der Waals surface area contributed by atoms with Gasteiger partial charge in [0.1, 0.15) is 5.82 Å². The zero-order valence-corrected chi connectivity index (χ0v) is 11.0. The summed E-state index contributed by atoms with van der Waals surface area (Å²) < 4.78 is 0. The van der Waals surface area contributed by atoms with E-state index in [-0.39, 0.29) is 0 Å². The Labute approximate surface area is 104 Å². The van der Waals surface area contributed by atoms with E-state index < -0.39 is 0 Å². The van der Waals surface area contributed by atoms with Gasteiger partial charge in [0.2, 0.25) is 0 Å². The van der Waals surface area contributed by atoms with Crippen LogP contribution in [0, 0.1) is 5.92 Å². The Hall–Kier alpha value is -0.960. The van der Waals surface area contributed by atoms with Gasteiger partial charge in [-0.05, 0) is 50.8 Å². The van der Waals surface area contributed by atoms with Crippen LogP contribution in [0.3, 0.4) is 0 Å². The number of aromatic nitrogens is 2. The number of unbranched alkanes of at least 4 members (excludes halogenated alkanes) is 1. The second-order valence-electron chi connectivity index (χ2n) is 5.03. The van der Waals surface area contributed by atoms with Crippen molar-refractivity contribution in [1.29, 1.82) is 0 Å². The zero-order chi connectivity index (χ0) is 12.1. The molecule has 1 N–H and O–H groups in total. The van der Waals surface area contributed by atoms with Gasteiger partial charge in [0.25, 0.3) is 0 Å². The average molecular weight is 233 g/mol. The molecule has 3 nitrogen and oxygen atoms in total. The molecule has 0 fully saturated rings. The first-order valence-electron chi connectivity index (χ1n) is 6.81. The van der Waals surface area contributed by atoms with E-state index in [1.54, 1.807) is 0 Å². The largest absolute Gasteiger partial charge is 0.319 e. The van der Waals surface area contributed by atoms with Crippen LogP contribution in [0.5, 0.6) is 0 Å². The van der Waals surface area contributed by atoms with E-state index in [1.165, 1.54) is 30.5 Å². The lowest BCUT2D eigenvalue weighted by atomic mass is 9.87. The summed E-state index contributed by atoms with van der Waals surface area (Å²) in [4.78, 5) is 9.21. The molecule has 1 heterocycles. The Kier molecular flexibility index (Phi) is 4.49. The summed E-state index contributed by atoms with van der Waals surface area (Å²) >= 11 is 0. The Morgan fingerprint density at radius 2 is 2.35 bits per heavy atom. The van der Waals surface area contributed by atoms with Gasteiger partial charge in [-0.3, -0.25) is 0 Å². The minimum atomic E-state index is 0.762. The fourth-order valence-corrected chi connectivity index (χ4v) is 2.54. The quantitative estimate of drug-likeness (QED) is 0.846. The molecule has 1 aromatic heterocycles. The van der Waals surface area contributed by atoms with Crippen molar-refractivity contribution >= 4 is 0 Å². The second-order valence-corrected chi connectivity index (χ2v) is 5.03. The number of nitrogens with zero attached hydrogens (tertiary/aromatic N) is 2. The molecular weight excluding hydrogens is 210 g/mol. The highest BCUT2D eigenvalue weighted by Crippen LogP contribution is 2.23. The summed E-state index contributed by atoms with van der Waals surface area (Å²) in [5.74, 6) is 1.80. The minimum absolute atomic E-state index is 0.762. The maximum absolute atomic E-state index is 4.71. The summed E-state index contributed by atoms with van der Waals surface area (Å²) in [6.07, 6.45) is 9.04. The molecule has 1 aromatic rings. The zero-order valence-electron chi connectivity index (χ0n) is 11.0. The van der Waals surface area contributed by atoms with E-state index in [1.807, 2.05) is 7.05 Å². The van der Waals surface area contributed by atoms with Crippen molar-refractivity contribution in [3.8, 4) is 0 Å². The van der Waals surface area contributed by atoms with Crippen molar-refractivity contribution in [1.82, 2.24) is 15.3 Å². The molecule has 2 rings (SSSR count). The third-order valence-corrected chi connectivity index (χ3v) is 3.55. The molecule has 1 unspecified atom stereocenters. The Bertz CT molecular complexity index is 362. The number of aryl methyl sites for hydroxylation is 2. The van der Waals surface area contributed by atoms with Crippen molar-refractivity contribution < 1.29 is 0 Å². The first-order chi connectivity index (χ1) is 8.33. The minimum Gasteiger partial charge on any atom is -0.319 e.